The average Bonchev–Trinajstić information content (AvgIpc) is 2.97. The minimum absolute atomic E-state index is 0.0986. The van der Waals surface area contributed by atoms with E-state index >= 15 is 0 Å². The SMILES string of the molecule is CC(C)(C)[C@@H]1CCc2sc(C(=O)Nc3ccc(C(N)=O)cc3)cc2C1. The maximum atomic E-state index is 12.5. The number of anilines is 1. The van der Waals surface area contributed by atoms with Crippen LogP contribution in [0.25, 0.3) is 0 Å². The first-order valence-corrected chi connectivity index (χ1v) is 9.38. The predicted octanol–water partition coefficient (Wildman–Crippen LogP) is 4.25. The van der Waals surface area contributed by atoms with Crippen LogP contribution in [0.3, 0.4) is 0 Å². The summed E-state index contributed by atoms with van der Waals surface area (Å²) in [6.07, 6.45) is 3.30. The fourth-order valence-corrected chi connectivity index (χ4v) is 4.39. The molecule has 0 saturated carbocycles. The molecule has 0 bridgehead atoms. The maximum Gasteiger partial charge on any atom is 0.265 e. The molecule has 1 aromatic heterocycles. The smallest absolute Gasteiger partial charge is 0.265 e. The second kappa shape index (κ2) is 6.64. The van der Waals surface area contributed by atoms with Crippen LogP contribution in [0.2, 0.25) is 0 Å². The van der Waals surface area contributed by atoms with Crippen LogP contribution in [0.5, 0.6) is 0 Å². The van der Waals surface area contributed by atoms with E-state index in [1.165, 1.54) is 16.9 Å². The molecule has 5 heteroatoms. The first-order valence-electron chi connectivity index (χ1n) is 8.57. The Balaban J connectivity index is 1.72. The minimum Gasteiger partial charge on any atom is -0.366 e. The number of aryl methyl sites for hydroxylation is 1. The summed E-state index contributed by atoms with van der Waals surface area (Å²) < 4.78 is 0. The molecule has 0 fully saturated rings. The summed E-state index contributed by atoms with van der Waals surface area (Å²) in [6, 6.07) is 8.67. The molecular weight excluding hydrogens is 332 g/mol. The highest BCUT2D eigenvalue weighted by atomic mass is 32.1. The Morgan fingerprint density at radius 2 is 1.88 bits per heavy atom. The fourth-order valence-electron chi connectivity index (χ4n) is 3.29. The van der Waals surface area contributed by atoms with Crippen molar-refractivity contribution in [2.45, 2.75) is 40.0 Å². The molecule has 1 aromatic carbocycles. The Bertz CT molecular complexity index is 800. The van der Waals surface area contributed by atoms with Gasteiger partial charge in [0.05, 0.1) is 4.88 Å². The van der Waals surface area contributed by atoms with Crippen LogP contribution in [0, 0.1) is 11.3 Å². The number of primary amides is 1. The molecule has 0 unspecified atom stereocenters. The molecule has 0 aliphatic heterocycles. The summed E-state index contributed by atoms with van der Waals surface area (Å²) in [5, 5.41) is 2.89. The van der Waals surface area contributed by atoms with Crippen molar-refractivity contribution < 1.29 is 9.59 Å². The van der Waals surface area contributed by atoms with E-state index in [1.54, 1.807) is 35.6 Å². The Kier molecular flexibility index (Phi) is 4.69. The standard InChI is InChI=1S/C20H24N2O2S/c1-20(2,3)14-6-9-16-13(10-14)11-17(25-16)19(24)22-15-7-4-12(5-8-15)18(21)23/h4-5,7-8,11,14H,6,9-10H2,1-3H3,(H2,21,23)(H,22,24)/t14-/m1/s1. The molecule has 132 valence electrons. The molecule has 4 nitrogen and oxygen atoms in total. The van der Waals surface area contributed by atoms with Crippen molar-refractivity contribution in [3.05, 3.63) is 51.2 Å². The van der Waals surface area contributed by atoms with Gasteiger partial charge in [-0.05, 0) is 66.5 Å². The van der Waals surface area contributed by atoms with Gasteiger partial charge in [-0.1, -0.05) is 20.8 Å². The summed E-state index contributed by atoms with van der Waals surface area (Å²) in [7, 11) is 0. The van der Waals surface area contributed by atoms with Crippen LogP contribution < -0.4 is 11.1 Å². The molecule has 0 saturated heterocycles. The molecule has 3 rings (SSSR count). The van der Waals surface area contributed by atoms with E-state index in [2.05, 4.69) is 26.1 Å². The molecule has 1 aliphatic carbocycles. The van der Waals surface area contributed by atoms with Gasteiger partial charge in [-0.2, -0.15) is 0 Å². The van der Waals surface area contributed by atoms with E-state index in [1.807, 2.05) is 6.07 Å². The number of carbonyl (C=O) groups is 2. The van der Waals surface area contributed by atoms with Crippen LogP contribution in [-0.4, -0.2) is 11.8 Å². The van der Waals surface area contributed by atoms with Crippen LogP contribution in [0.15, 0.2) is 30.3 Å². The van der Waals surface area contributed by atoms with Gasteiger partial charge in [-0.25, -0.2) is 0 Å². The van der Waals surface area contributed by atoms with Crippen LogP contribution in [-0.2, 0) is 12.8 Å². The lowest BCUT2D eigenvalue weighted by atomic mass is 9.72. The first-order chi connectivity index (χ1) is 11.7. The van der Waals surface area contributed by atoms with Gasteiger partial charge in [-0.15, -0.1) is 11.3 Å². The van der Waals surface area contributed by atoms with Crippen molar-refractivity contribution in [1.82, 2.24) is 0 Å². The van der Waals surface area contributed by atoms with E-state index in [-0.39, 0.29) is 5.91 Å². The summed E-state index contributed by atoms with van der Waals surface area (Å²) in [5.41, 5.74) is 7.94. The van der Waals surface area contributed by atoms with E-state index in [9.17, 15) is 9.59 Å². The zero-order chi connectivity index (χ0) is 18.2. The number of hydrogen-bond donors (Lipinski definition) is 2. The van der Waals surface area contributed by atoms with Crippen molar-refractivity contribution in [3.63, 3.8) is 0 Å². The van der Waals surface area contributed by atoms with Crippen molar-refractivity contribution in [2.24, 2.45) is 17.1 Å². The highest BCUT2D eigenvalue weighted by Gasteiger charge is 2.30. The van der Waals surface area contributed by atoms with Crippen molar-refractivity contribution in [3.8, 4) is 0 Å². The van der Waals surface area contributed by atoms with Gasteiger partial charge in [0, 0.05) is 16.1 Å². The number of fused-ring (bicyclic) bond motifs is 1. The van der Waals surface area contributed by atoms with Crippen LogP contribution in [0.4, 0.5) is 5.69 Å². The van der Waals surface area contributed by atoms with Crippen LogP contribution in [0.1, 0.15) is 57.7 Å². The normalized spacial score (nSPS) is 17.0. The Labute approximate surface area is 152 Å². The topological polar surface area (TPSA) is 72.2 Å². The fraction of sp³-hybridized carbons (Fsp3) is 0.400. The molecule has 3 N–H and O–H groups in total. The zero-order valence-corrected chi connectivity index (χ0v) is 15.7. The van der Waals surface area contributed by atoms with E-state index in [0.717, 1.165) is 17.7 Å². The largest absolute Gasteiger partial charge is 0.366 e. The van der Waals surface area contributed by atoms with Crippen LogP contribution >= 0.6 is 11.3 Å². The highest BCUT2D eigenvalue weighted by Crippen LogP contribution is 2.40. The highest BCUT2D eigenvalue weighted by molar-refractivity contribution is 7.14. The summed E-state index contributed by atoms with van der Waals surface area (Å²) in [6.45, 7) is 6.87. The lowest BCUT2D eigenvalue weighted by Crippen LogP contribution is -2.26. The van der Waals surface area contributed by atoms with E-state index < -0.39 is 5.91 Å². The Hall–Kier alpha value is -2.14. The van der Waals surface area contributed by atoms with Crippen molar-refractivity contribution in [1.29, 1.82) is 0 Å². The number of hydrogen-bond acceptors (Lipinski definition) is 3. The van der Waals surface area contributed by atoms with Gasteiger partial charge in [0.15, 0.2) is 0 Å². The summed E-state index contributed by atoms with van der Waals surface area (Å²) in [4.78, 5) is 25.7. The number of carbonyl (C=O) groups excluding carboxylic acids is 2. The molecule has 2 amide bonds. The van der Waals surface area contributed by atoms with Crippen molar-refractivity contribution >= 4 is 28.8 Å². The molecule has 0 spiro atoms. The molecule has 1 atom stereocenters. The lowest BCUT2D eigenvalue weighted by Gasteiger charge is -2.33. The third-order valence-electron chi connectivity index (χ3n) is 4.96. The second-order valence-electron chi connectivity index (χ2n) is 7.76. The molecule has 1 aliphatic rings. The number of benzene rings is 1. The summed E-state index contributed by atoms with van der Waals surface area (Å²) in [5.74, 6) is 0.0857. The quantitative estimate of drug-likeness (QED) is 0.863. The monoisotopic (exact) mass is 356 g/mol. The van der Waals surface area contributed by atoms with Gasteiger partial charge < -0.3 is 11.1 Å². The molecule has 2 aromatic rings. The van der Waals surface area contributed by atoms with Gasteiger partial charge >= 0.3 is 0 Å². The van der Waals surface area contributed by atoms with Gasteiger partial charge in [0.25, 0.3) is 5.91 Å². The lowest BCUT2D eigenvalue weighted by molar-refractivity contribution is 0.0998. The third kappa shape index (κ3) is 3.93. The predicted molar refractivity (Wildman–Crippen MR) is 102 cm³/mol. The van der Waals surface area contributed by atoms with Gasteiger partial charge in [-0.3, -0.25) is 9.59 Å². The number of amides is 2. The van der Waals surface area contributed by atoms with Gasteiger partial charge in [0.1, 0.15) is 0 Å². The molecule has 0 radical (unpaired) electrons. The number of rotatable bonds is 3. The zero-order valence-electron chi connectivity index (χ0n) is 14.9. The maximum absolute atomic E-state index is 12.5. The molecular formula is C20H24N2O2S. The first kappa shape index (κ1) is 17.7. The number of thiophene rings is 1. The Morgan fingerprint density at radius 1 is 1.20 bits per heavy atom. The third-order valence-corrected chi connectivity index (χ3v) is 6.19. The van der Waals surface area contributed by atoms with Gasteiger partial charge in [0.2, 0.25) is 5.91 Å². The van der Waals surface area contributed by atoms with E-state index in [0.29, 0.717) is 22.6 Å². The number of nitrogens with two attached hydrogens (primary N) is 1. The summed E-state index contributed by atoms with van der Waals surface area (Å²) >= 11 is 1.60. The number of nitrogens with one attached hydrogen (secondary N) is 1. The van der Waals surface area contributed by atoms with E-state index in [4.69, 9.17) is 5.73 Å². The van der Waals surface area contributed by atoms with Crippen molar-refractivity contribution in [2.75, 3.05) is 5.32 Å². The molecule has 25 heavy (non-hydrogen) atoms. The Morgan fingerprint density at radius 3 is 2.48 bits per heavy atom. The minimum atomic E-state index is -0.475. The molecule has 1 heterocycles. The second-order valence-corrected chi connectivity index (χ2v) is 8.90. The average molecular weight is 356 g/mol.